The van der Waals surface area contributed by atoms with Crippen LogP contribution >= 0.6 is 0 Å². The second-order valence-electron chi connectivity index (χ2n) is 15.9. The average molecular weight is 777 g/mol. The molecule has 0 aromatic heterocycles. The van der Waals surface area contributed by atoms with Gasteiger partial charge in [0.25, 0.3) is 0 Å². The maximum atomic E-state index is 12.5. The lowest BCUT2D eigenvalue weighted by Crippen LogP contribution is -2.60. The highest BCUT2D eigenvalue weighted by atomic mass is 16.7. The van der Waals surface area contributed by atoms with E-state index in [1.54, 1.807) is 33.8 Å². The quantitative estimate of drug-likeness (QED) is 0.0400. The zero-order chi connectivity index (χ0) is 41.6. The van der Waals surface area contributed by atoms with Gasteiger partial charge in [0.05, 0.1) is 31.5 Å². The van der Waals surface area contributed by atoms with Gasteiger partial charge >= 0.3 is 5.97 Å². The summed E-state index contributed by atoms with van der Waals surface area (Å²) < 4.78 is 17.1. The van der Waals surface area contributed by atoms with Gasteiger partial charge in [0.1, 0.15) is 49.3 Å². The van der Waals surface area contributed by atoms with E-state index in [2.05, 4.69) is 20.8 Å². The largest absolute Gasteiger partial charge is 0.459 e. The Balaban J connectivity index is 3.13. The van der Waals surface area contributed by atoms with Gasteiger partial charge in [0, 0.05) is 23.3 Å². The maximum Gasteiger partial charge on any atom is 0.333 e. The molecule has 0 aliphatic carbocycles. The first-order valence-electron chi connectivity index (χ1n) is 19.3. The van der Waals surface area contributed by atoms with Gasteiger partial charge in [-0.3, -0.25) is 0 Å². The first-order valence-corrected chi connectivity index (χ1v) is 19.3. The molecule has 1 aliphatic heterocycles. The molecule has 1 saturated heterocycles. The normalized spacial score (nSPS) is 28.5. The van der Waals surface area contributed by atoms with Gasteiger partial charge in [0.2, 0.25) is 0 Å². The van der Waals surface area contributed by atoms with Crippen molar-refractivity contribution < 1.29 is 70.1 Å². The fourth-order valence-corrected chi connectivity index (χ4v) is 7.16. The fourth-order valence-electron chi connectivity index (χ4n) is 7.16. The van der Waals surface area contributed by atoms with Crippen LogP contribution in [0.4, 0.5) is 0 Å². The summed E-state index contributed by atoms with van der Waals surface area (Å²) in [5.74, 6) is -1.23. The Morgan fingerprint density at radius 1 is 0.722 bits per heavy atom. The van der Waals surface area contributed by atoms with E-state index in [9.17, 15) is 50.8 Å². The van der Waals surface area contributed by atoms with E-state index in [-0.39, 0.29) is 17.4 Å². The van der Waals surface area contributed by atoms with Gasteiger partial charge in [0.15, 0.2) is 6.29 Å². The van der Waals surface area contributed by atoms with Gasteiger partial charge in [-0.05, 0) is 62.5 Å². The molecule has 14 nitrogen and oxygen atoms in total. The number of hydrogen-bond donors (Lipinski definition) is 10. The minimum absolute atomic E-state index is 0.0477. The molecule has 17 atom stereocenters. The van der Waals surface area contributed by atoms with Gasteiger partial charge < -0.3 is 65.3 Å². The lowest BCUT2D eigenvalue weighted by Gasteiger charge is -2.42. The first-order chi connectivity index (χ1) is 25.1. The Morgan fingerprint density at radius 2 is 1.26 bits per heavy atom. The number of aliphatic hydroxyl groups excluding tert-OH is 10. The molecule has 1 heterocycles. The van der Waals surface area contributed by atoms with Gasteiger partial charge in [-0.25, -0.2) is 4.79 Å². The standard InChI is InChI=1S/C40H72O14/c1-11-20(2)12-21(3)13-26(8)38(54-40-37(50)36(49)35(48)31(18-42)53-40)27(9)15-24(6)32(45)22(4)14-23(5)33(46)25(7)16-28(10)39(51)52-19-30(44)34(47)29(43)17-41/h14-16,20-22,25-27,29-38,40-50H,11-13,17-19H2,1-10H3/b23-14+,24-15+,28-16+/t20?,21?,22?,25?,26?,27?,29-,30-,31?,32?,33?,34-,35-,36+,37?,38?,40+/m1/s1. The summed E-state index contributed by atoms with van der Waals surface area (Å²) in [4.78, 5) is 12.5. The van der Waals surface area contributed by atoms with Crippen LogP contribution in [-0.2, 0) is 19.0 Å². The molecule has 1 rings (SSSR count). The number of esters is 1. The number of hydrogen-bond acceptors (Lipinski definition) is 14. The summed E-state index contributed by atoms with van der Waals surface area (Å²) >= 11 is 0. The van der Waals surface area contributed by atoms with Gasteiger partial charge in [-0.2, -0.15) is 0 Å². The van der Waals surface area contributed by atoms with E-state index >= 15 is 0 Å². The number of rotatable bonds is 23. The molecule has 0 aromatic rings. The van der Waals surface area contributed by atoms with E-state index in [4.69, 9.17) is 19.3 Å². The second-order valence-corrected chi connectivity index (χ2v) is 15.9. The van der Waals surface area contributed by atoms with Crippen LogP contribution in [0.5, 0.6) is 0 Å². The number of ether oxygens (including phenoxy) is 3. The molecule has 0 amide bonds. The van der Waals surface area contributed by atoms with Crippen LogP contribution in [0.2, 0.25) is 0 Å². The molecule has 0 spiro atoms. The highest BCUT2D eigenvalue weighted by molar-refractivity contribution is 5.87. The van der Waals surface area contributed by atoms with Crippen molar-refractivity contribution >= 4 is 5.97 Å². The Morgan fingerprint density at radius 3 is 1.78 bits per heavy atom. The van der Waals surface area contributed by atoms with Gasteiger partial charge in [-0.1, -0.05) is 73.1 Å². The molecule has 14 heteroatoms. The maximum absolute atomic E-state index is 12.5. The van der Waals surface area contributed by atoms with E-state index in [0.717, 1.165) is 19.3 Å². The minimum atomic E-state index is -1.71. The van der Waals surface area contributed by atoms with Crippen LogP contribution in [0.1, 0.15) is 88.5 Å². The molecule has 0 bridgehead atoms. The predicted octanol–water partition coefficient (Wildman–Crippen LogP) is 1.36. The molecule has 11 unspecified atom stereocenters. The lowest BCUT2D eigenvalue weighted by atomic mass is 9.82. The zero-order valence-corrected chi connectivity index (χ0v) is 33.9. The second kappa shape index (κ2) is 24.1. The topological polar surface area (TPSA) is 247 Å². The van der Waals surface area contributed by atoms with Crippen molar-refractivity contribution in [1.82, 2.24) is 0 Å². The Kier molecular flexibility index (Phi) is 22.4. The zero-order valence-electron chi connectivity index (χ0n) is 33.9. The first kappa shape index (κ1) is 50.2. The Labute approximate surface area is 321 Å². The highest BCUT2D eigenvalue weighted by Crippen LogP contribution is 2.33. The van der Waals surface area contributed by atoms with Crippen molar-refractivity contribution in [2.24, 2.45) is 35.5 Å². The minimum Gasteiger partial charge on any atom is -0.459 e. The molecule has 1 aliphatic rings. The van der Waals surface area contributed by atoms with Crippen molar-refractivity contribution in [3.8, 4) is 0 Å². The third-order valence-electron chi connectivity index (χ3n) is 10.7. The van der Waals surface area contributed by atoms with Gasteiger partial charge in [-0.15, -0.1) is 0 Å². The van der Waals surface area contributed by atoms with E-state index < -0.39 is 105 Å². The molecule has 0 aromatic carbocycles. The Hall–Kier alpha value is -1.79. The summed E-state index contributed by atoms with van der Waals surface area (Å²) in [5, 5.41) is 102. The Bertz CT molecular complexity index is 1190. The molecule has 1 fully saturated rings. The lowest BCUT2D eigenvalue weighted by molar-refractivity contribution is -0.317. The molecule has 54 heavy (non-hydrogen) atoms. The van der Waals surface area contributed by atoms with Crippen LogP contribution < -0.4 is 0 Å². The van der Waals surface area contributed by atoms with Crippen molar-refractivity contribution in [3.05, 3.63) is 34.9 Å². The third kappa shape index (κ3) is 15.3. The highest BCUT2D eigenvalue weighted by Gasteiger charge is 2.45. The monoisotopic (exact) mass is 776 g/mol. The summed E-state index contributed by atoms with van der Waals surface area (Å²) in [7, 11) is 0. The molecule has 316 valence electrons. The van der Waals surface area contributed by atoms with Crippen LogP contribution in [0.25, 0.3) is 0 Å². The summed E-state index contributed by atoms with van der Waals surface area (Å²) in [6, 6.07) is 0. The molecular weight excluding hydrogens is 704 g/mol. The summed E-state index contributed by atoms with van der Waals surface area (Å²) in [6.07, 6.45) is -6.45. The van der Waals surface area contributed by atoms with Crippen molar-refractivity contribution in [2.45, 2.75) is 156 Å². The smallest absolute Gasteiger partial charge is 0.333 e. The summed E-state index contributed by atoms with van der Waals surface area (Å²) in [6.45, 7) is 17.0. The van der Waals surface area contributed by atoms with Crippen molar-refractivity contribution in [1.29, 1.82) is 0 Å². The number of aliphatic hydroxyl groups is 10. The van der Waals surface area contributed by atoms with Crippen molar-refractivity contribution in [3.63, 3.8) is 0 Å². The van der Waals surface area contributed by atoms with Crippen molar-refractivity contribution in [2.75, 3.05) is 19.8 Å². The van der Waals surface area contributed by atoms with Crippen LogP contribution in [-0.4, -0.2) is 144 Å². The predicted molar refractivity (Wildman–Crippen MR) is 202 cm³/mol. The molecule has 0 radical (unpaired) electrons. The number of carbonyl (C=O) groups excluding carboxylic acids is 1. The fraction of sp³-hybridized carbons (Fsp3) is 0.825. The molecule has 0 saturated carbocycles. The molecule has 10 N–H and O–H groups in total. The molecular formula is C40H72O14. The third-order valence-corrected chi connectivity index (χ3v) is 10.7. The van der Waals surface area contributed by atoms with Crippen LogP contribution in [0, 0.1) is 35.5 Å². The SMILES string of the molecule is CCC(C)CC(C)CC(C)C(O[C@@H]1OC(CO)[C@@H](O)[C@H](O)C1O)C(C)/C=C(\C)C(O)C(C)/C=C(\C)C(O)C(C)/C=C(\C)C(=O)OC[C@@H](O)[C@H](O)[C@H](O)CO. The summed E-state index contributed by atoms with van der Waals surface area (Å²) in [5.41, 5.74) is 1.33. The average Bonchev–Trinajstić information content (AvgIpc) is 3.13. The van der Waals surface area contributed by atoms with E-state index in [0.29, 0.717) is 23.0 Å². The van der Waals surface area contributed by atoms with Crippen LogP contribution in [0.15, 0.2) is 34.9 Å². The number of carbonyl (C=O) groups is 1. The van der Waals surface area contributed by atoms with Crippen LogP contribution in [0.3, 0.4) is 0 Å². The van der Waals surface area contributed by atoms with E-state index in [1.807, 2.05) is 19.9 Å². The van der Waals surface area contributed by atoms with E-state index in [1.165, 1.54) is 13.0 Å².